The zero-order valence-corrected chi connectivity index (χ0v) is 8.54. The van der Waals surface area contributed by atoms with Crippen LogP contribution in [0.5, 0.6) is 0 Å². The molecule has 2 rings (SSSR count). The van der Waals surface area contributed by atoms with Gasteiger partial charge in [0.1, 0.15) is 0 Å². The molecule has 1 fully saturated rings. The standard InChI is InChI=1S/C10H12ClFN2/c11-9-3-1-2-4-10(9)13-5-7-14(12)8-6-13/h1-4H,5-8H2. The Kier molecular flexibility index (Phi) is 2.89. The van der Waals surface area contributed by atoms with Crippen LogP contribution in [0.2, 0.25) is 5.02 Å². The Hall–Kier alpha value is -0.800. The smallest absolute Gasteiger partial charge is 0.0639 e. The lowest BCUT2D eigenvalue weighted by atomic mass is 10.2. The molecule has 0 spiro atoms. The van der Waals surface area contributed by atoms with Gasteiger partial charge in [-0.25, -0.2) is 0 Å². The first-order chi connectivity index (χ1) is 6.77. The van der Waals surface area contributed by atoms with Crippen molar-refractivity contribution in [2.24, 2.45) is 0 Å². The summed E-state index contributed by atoms with van der Waals surface area (Å²) < 4.78 is 12.7. The lowest BCUT2D eigenvalue weighted by molar-refractivity contribution is 0.0200. The first-order valence-electron chi connectivity index (χ1n) is 4.67. The summed E-state index contributed by atoms with van der Waals surface area (Å²) in [5.74, 6) is 0. The van der Waals surface area contributed by atoms with Gasteiger partial charge in [0, 0.05) is 26.2 Å². The molecule has 1 aliphatic rings. The first-order valence-corrected chi connectivity index (χ1v) is 5.05. The van der Waals surface area contributed by atoms with E-state index in [0.29, 0.717) is 26.2 Å². The van der Waals surface area contributed by atoms with E-state index in [4.69, 9.17) is 11.6 Å². The third-order valence-corrected chi connectivity index (χ3v) is 2.74. The van der Waals surface area contributed by atoms with Gasteiger partial charge in [-0.2, -0.15) is 0 Å². The Morgan fingerprint density at radius 2 is 1.71 bits per heavy atom. The van der Waals surface area contributed by atoms with Crippen LogP contribution in [0.4, 0.5) is 10.2 Å². The van der Waals surface area contributed by atoms with Crippen molar-refractivity contribution in [2.45, 2.75) is 0 Å². The first kappa shape index (κ1) is 9.74. The van der Waals surface area contributed by atoms with Gasteiger partial charge in [-0.1, -0.05) is 23.7 Å². The number of halogens is 2. The number of para-hydroxylation sites is 1. The van der Waals surface area contributed by atoms with Gasteiger partial charge in [0.25, 0.3) is 0 Å². The Morgan fingerprint density at radius 3 is 2.36 bits per heavy atom. The van der Waals surface area contributed by atoms with E-state index in [0.717, 1.165) is 15.8 Å². The van der Waals surface area contributed by atoms with Gasteiger partial charge in [0.2, 0.25) is 0 Å². The second kappa shape index (κ2) is 4.15. The zero-order chi connectivity index (χ0) is 9.97. The molecule has 0 N–H and O–H groups in total. The minimum absolute atomic E-state index is 0.450. The molecular weight excluding hydrogens is 203 g/mol. The number of hydrogen-bond donors (Lipinski definition) is 0. The van der Waals surface area contributed by atoms with Crippen LogP contribution in [0.3, 0.4) is 0 Å². The third kappa shape index (κ3) is 1.99. The maximum atomic E-state index is 12.7. The van der Waals surface area contributed by atoms with Gasteiger partial charge in [0.05, 0.1) is 10.7 Å². The molecular formula is C10H12ClFN2. The van der Waals surface area contributed by atoms with Gasteiger partial charge < -0.3 is 4.90 Å². The van der Waals surface area contributed by atoms with Crippen LogP contribution < -0.4 is 4.90 Å². The second-order valence-electron chi connectivity index (χ2n) is 3.35. The molecule has 0 amide bonds. The fourth-order valence-corrected chi connectivity index (χ4v) is 1.89. The maximum absolute atomic E-state index is 12.7. The summed E-state index contributed by atoms with van der Waals surface area (Å²) in [5.41, 5.74) is 1.00. The minimum atomic E-state index is 0.450. The Balaban J connectivity index is 2.12. The van der Waals surface area contributed by atoms with Crippen LogP contribution in [0.15, 0.2) is 24.3 Å². The highest BCUT2D eigenvalue weighted by Crippen LogP contribution is 2.25. The molecule has 0 saturated carbocycles. The summed E-state index contributed by atoms with van der Waals surface area (Å²) in [6.45, 7) is 2.29. The average Bonchev–Trinajstić information content (AvgIpc) is 2.20. The molecule has 0 bridgehead atoms. The normalized spacial score (nSPS) is 18.6. The molecule has 0 atom stereocenters. The highest BCUT2D eigenvalue weighted by Gasteiger charge is 2.17. The fourth-order valence-electron chi connectivity index (χ4n) is 1.63. The SMILES string of the molecule is FN1CCN(c2ccccc2Cl)CC1. The van der Waals surface area contributed by atoms with E-state index >= 15 is 0 Å². The minimum Gasteiger partial charge on any atom is -0.368 e. The molecule has 0 aliphatic carbocycles. The van der Waals surface area contributed by atoms with Crippen molar-refractivity contribution in [1.82, 2.24) is 5.12 Å². The molecule has 1 heterocycles. The van der Waals surface area contributed by atoms with Gasteiger partial charge >= 0.3 is 0 Å². The van der Waals surface area contributed by atoms with Crippen molar-refractivity contribution < 1.29 is 4.48 Å². The van der Waals surface area contributed by atoms with E-state index in [1.54, 1.807) is 0 Å². The predicted molar refractivity (Wildman–Crippen MR) is 56.3 cm³/mol. The number of rotatable bonds is 1. The van der Waals surface area contributed by atoms with Crippen LogP contribution >= 0.6 is 11.6 Å². The molecule has 0 aromatic heterocycles. The molecule has 1 aliphatic heterocycles. The number of benzene rings is 1. The molecule has 1 saturated heterocycles. The number of anilines is 1. The Bertz CT molecular complexity index is 311. The molecule has 0 unspecified atom stereocenters. The van der Waals surface area contributed by atoms with Gasteiger partial charge in [-0.05, 0) is 12.1 Å². The lowest BCUT2D eigenvalue weighted by Crippen LogP contribution is -2.42. The van der Waals surface area contributed by atoms with Gasteiger partial charge in [-0.15, -0.1) is 9.60 Å². The lowest BCUT2D eigenvalue weighted by Gasteiger charge is -2.32. The van der Waals surface area contributed by atoms with E-state index in [1.807, 2.05) is 24.3 Å². The monoisotopic (exact) mass is 214 g/mol. The van der Waals surface area contributed by atoms with Crippen molar-refractivity contribution >= 4 is 17.3 Å². The highest BCUT2D eigenvalue weighted by molar-refractivity contribution is 6.33. The van der Waals surface area contributed by atoms with Crippen LogP contribution in [0.1, 0.15) is 0 Å². The summed E-state index contributed by atoms with van der Waals surface area (Å²) >= 11 is 6.04. The second-order valence-corrected chi connectivity index (χ2v) is 3.76. The fraction of sp³-hybridized carbons (Fsp3) is 0.400. The highest BCUT2D eigenvalue weighted by atomic mass is 35.5. The Morgan fingerprint density at radius 1 is 1.07 bits per heavy atom. The predicted octanol–water partition coefficient (Wildman–Crippen LogP) is 2.35. The van der Waals surface area contributed by atoms with Crippen molar-refractivity contribution in [1.29, 1.82) is 0 Å². The Labute approximate surface area is 87.8 Å². The molecule has 2 nitrogen and oxygen atoms in total. The van der Waals surface area contributed by atoms with Crippen LogP contribution in [0.25, 0.3) is 0 Å². The molecule has 0 radical (unpaired) electrons. The van der Waals surface area contributed by atoms with Crippen molar-refractivity contribution in [3.05, 3.63) is 29.3 Å². The summed E-state index contributed by atoms with van der Waals surface area (Å²) in [4.78, 5) is 2.11. The van der Waals surface area contributed by atoms with Crippen molar-refractivity contribution in [3.63, 3.8) is 0 Å². The topological polar surface area (TPSA) is 6.48 Å². The average molecular weight is 215 g/mol. The van der Waals surface area contributed by atoms with Gasteiger partial charge in [-0.3, -0.25) is 0 Å². The largest absolute Gasteiger partial charge is 0.368 e. The van der Waals surface area contributed by atoms with Crippen molar-refractivity contribution in [2.75, 3.05) is 31.1 Å². The number of piperazine rings is 1. The van der Waals surface area contributed by atoms with E-state index in [2.05, 4.69) is 4.90 Å². The van der Waals surface area contributed by atoms with E-state index in [9.17, 15) is 4.48 Å². The van der Waals surface area contributed by atoms with E-state index < -0.39 is 0 Å². The molecule has 14 heavy (non-hydrogen) atoms. The summed E-state index contributed by atoms with van der Waals surface area (Å²) in [6.07, 6.45) is 0. The molecule has 1 aromatic rings. The van der Waals surface area contributed by atoms with Gasteiger partial charge in [0.15, 0.2) is 0 Å². The summed E-state index contributed by atoms with van der Waals surface area (Å²) in [5, 5.41) is 1.58. The summed E-state index contributed by atoms with van der Waals surface area (Å²) in [6, 6.07) is 7.68. The maximum Gasteiger partial charge on any atom is 0.0639 e. The third-order valence-electron chi connectivity index (χ3n) is 2.42. The zero-order valence-electron chi connectivity index (χ0n) is 7.79. The molecule has 1 aromatic carbocycles. The number of nitrogens with zero attached hydrogens (tertiary/aromatic N) is 2. The van der Waals surface area contributed by atoms with Crippen LogP contribution in [-0.2, 0) is 0 Å². The van der Waals surface area contributed by atoms with E-state index in [-0.39, 0.29) is 0 Å². The van der Waals surface area contributed by atoms with Crippen LogP contribution in [0, 0.1) is 0 Å². The summed E-state index contributed by atoms with van der Waals surface area (Å²) in [7, 11) is 0. The van der Waals surface area contributed by atoms with E-state index in [1.165, 1.54) is 0 Å². The molecule has 4 heteroatoms. The quantitative estimate of drug-likeness (QED) is 0.663. The van der Waals surface area contributed by atoms with Crippen molar-refractivity contribution in [3.8, 4) is 0 Å². The van der Waals surface area contributed by atoms with Crippen LogP contribution in [-0.4, -0.2) is 31.3 Å². The number of hydrogen-bond acceptors (Lipinski definition) is 2. The molecule has 76 valence electrons.